The van der Waals surface area contributed by atoms with Crippen LogP contribution in [0.15, 0.2) is 186 Å². The van der Waals surface area contributed by atoms with E-state index in [-0.39, 0.29) is 10.8 Å². The van der Waals surface area contributed by atoms with E-state index in [0.29, 0.717) is 0 Å². The van der Waals surface area contributed by atoms with Crippen molar-refractivity contribution in [1.82, 2.24) is 0 Å². The second kappa shape index (κ2) is 11.6. The molecule has 0 atom stereocenters. The van der Waals surface area contributed by atoms with Gasteiger partial charge in [0, 0.05) is 32.4 Å². The molecule has 2 N–H and O–H groups in total. The fourth-order valence-corrected chi connectivity index (χ4v) is 10.1. The summed E-state index contributed by atoms with van der Waals surface area (Å²) in [7, 11) is 0. The van der Waals surface area contributed by atoms with Crippen molar-refractivity contribution in [2.24, 2.45) is 0 Å². The van der Waals surface area contributed by atoms with Crippen LogP contribution in [0.4, 0.5) is 5.69 Å². The molecule has 0 fully saturated rings. The Hall–Kier alpha value is -6.36. The highest BCUT2D eigenvalue weighted by Gasteiger charge is 2.52. The first-order chi connectivity index (χ1) is 26.6. The predicted molar refractivity (Wildman–Crippen MR) is 220 cm³/mol. The zero-order chi connectivity index (χ0) is 36.0. The average Bonchev–Trinajstić information content (AvgIpc) is 3.66. The number of ether oxygens (including phenoxy) is 2. The Morgan fingerprint density at radius 1 is 0.333 bits per heavy atom. The van der Waals surface area contributed by atoms with E-state index in [1.165, 1.54) is 66.8 Å². The normalized spacial score (nSPS) is 14.7. The van der Waals surface area contributed by atoms with Gasteiger partial charge in [-0.2, -0.15) is 0 Å². The predicted octanol–water partition coefficient (Wildman–Crippen LogP) is 12.7. The molecule has 0 radical (unpaired) electrons. The highest BCUT2D eigenvalue weighted by Crippen LogP contribution is 2.63. The molecular weight excluding hydrogens is 726 g/mol. The highest BCUT2D eigenvalue weighted by molar-refractivity contribution is 9.10. The first kappa shape index (κ1) is 31.2. The van der Waals surface area contributed by atoms with Crippen LogP contribution in [-0.2, 0) is 10.8 Å². The maximum absolute atomic E-state index is 6.31. The van der Waals surface area contributed by atoms with Crippen LogP contribution >= 0.6 is 15.9 Å². The Morgan fingerprint density at radius 3 is 1.11 bits per heavy atom. The van der Waals surface area contributed by atoms with Gasteiger partial charge in [0.05, 0.1) is 10.8 Å². The average molecular weight is 759 g/mol. The Balaban J connectivity index is 0.000000126. The molecule has 0 bridgehead atoms. The van der Waals surface area contributed by atoms with Crippen molar-refractivity contribution in [1.29, 1.82) is 0 Å². The van der Waals surface area contributed by atoms with Crippen LogP contribution in [-0.4, -0.2) is 0 Å². The van der Waals surface area contributed by atoms with Gasteiger partial charge in [0.1, 0.15) is 23.0 Å². The van der Waals surface area contributed by atoms with Gasteiger partial charge in [-0.1, -0.05) is 149 Å². The molecular formula is C50H32BrNO2. The smallest absolute Gasteiger partial charge is 0.132 e. The van der Waals surface area contributed by atoms with Crippen molar-refractivity contribution in [2.75, 3.05) is 5.73 Å². The summed E-state index contributed by atoms with van der Waals surface area (Å²) in [6, 6.07) is 64.0. The van der Waals surface area contributed by atoms with Crippen LogP contribution in [0.2, 0.25) is 0 Å². The summed E-state index contributed by atoms with van der Waals surface area (Å²) in [5.41, 5.74) is 21.2. The molecule has 2 spiro atoms. The summed E-state index contributed by atoms with van der Waals surface area (Å²) in [5, 5.41) is 0. The minimum absolute atomic E-state index is 0.349. The van der Waals surface area contributed by atoms with Crippen molar-refractivity contribution in [3.8, 4) is 45.3 Å². The number of nitrogens with two attached hydrogens (primary N) is 1. The van der Waals surface area contributed by atoms with E-state index in [1.807, 2.05) is 30.3 Å². The minimum Gasteiger partial charge on any atom is -0.457 e. The molecule has 256 valence electrons. The van der Waals surface area contributed by atoms with Gasteiger partial charge in [0.2, 0.25) is 0 Å². The lowest BCUT2D eigenvalue weighted by molar-refractivity contribution is 0.436. The third kappa shape index (κ3) is 4.06. The van der Waals surface area contributed by atoms with Crippen molar-refractivity contribution < 1.29 is 9.47 Å². The van der Waals surface area contributed by atoms with Crippen molar-refractivity contribution in [2.45, 2.75) is 10.8 Å². The number of halogens is 1. The van der Waals surface area contributed by atoms with Gasteiger partial charge in [-0.3, -0.25) is 0 Å². The molecule has 54 heavy (non-hydrogen) atoms. The van der Waals surface area contributed by atoms with Crippen molar-refractivity contribution in [3.05, 3.63) is 231 Å². The molecule has 2 aliphatic carbocycles. The quantitative estimate of drug-likeness (QED) is 0.157. The van der Waals surface area contributed by atoms with Crippen LogP contribution in [0.1, 0.15) is 44.5 Å². The summed E-state index contributed by atoms with van der Waals surface area (Å²) >= 11 is 3.67. The molecule has 0 saturated carbocycles. The summed E-state index contributed by atoms with van der Waals surface area (Å²) < 4.78 is 13.7. The van der Waals surface area contributed by atoms with E-state index in [0.717, 1.165) is 33.2 Å². The number of benzene rings is 8. The Morgan fingerprint density at radius 2 is 0.667 bits per heavy atom. The second-order valence-corrected chi connectivity index (χ2v) is 15.2. The fraction of sp³-hybridized carbons (Fsp3) is 0.0400. The van der Waals surface area contributed by atoms with Crippen molar-refractivity contribution >= 4 is 21.6 Å². The van der Waals surface area contributed by atoms with Crippen LogP contribution in [0, 0.1) is 0 Å². The molecule has 0 saturated heterocycles. The van der Waals surface area contributed by atoms with Crippen LogP contribution < -0.4 is 15.2 Å². The van der Waals surface area contributed by atoms with Gasteiger partial charge in [0.25, 0.3) is 0 Å². The lowest BCUT2D eigenvalue weighted by Crippen LogP contribution is -2.32. The summed E-state index contributed by atoms with van der Waals surface area (Å²) in [4.78, 5) is 0. The van der Waals surface area contributed by atoms with Crippen molar-refractivity contribution in [3.63, 3.8) is 0 Å². The number of rotatable bonds is 0. The van der Waals surface area contributed by atoms with Gasteiger partial charge in [-0.05, 0) is 93.0 Å². The lowest BCUT2D eigenvalue weighted by Gasteiger charge is -2.39. The standard InChI is InChI=1S/C25H15BrO.C25H17NO/c2*26-16-13-14-20-18(15-16)17-7-1-2-8-19(17)25(20)21-9-3-5-11-23(21)27-24-12-6-4-10-22(24)25/h1-15H;1-15H,26H2. The van der Waals surface area contributed by atoms with Crippen LogP contribution in [0.3, 0.4) is 0 Å². The minimum atomic E-state index is -0.384. The third-order valence-corrected chi connectivity index (χ3v) is 12.2. The molecule has 4 aliphatic rings. The van der Waals surface area contributed by atoms with E-state index in [9.17, 15) is 0 Å². The van der Waals surface area contributed by atoms with E-state index in [1.54, 1.807) is 0 Å². The summed E-state index contributed by atoms with van der Waals surface area (Å²) in [6.07, 6.45) is 0. The maximum atomic E-state index is 6.31. The highest BCUT2D eigenvalue weighted by atomic mass is 79.9. The second-order valence-electron chi connectivity index (χ2n) is 14.3. The van der Waals surface area contributed by atoms with Crippen LogP contribution in [0.25, 0.3) is 22.3 Å². The molecule has 0 unspecified atom stereocenters. The third-order valence-electron chi connectivity index (χ3n) is 11.7. The Kier molecular flexibility index (Phi) is 6.68. The maximum Gasteiger partial charge on any atom is 0.132 e. The van der Waals surface area contributed by atoms with Gasteiger partial charge in [-0.15, -0.1) is 0 Å². The SMILES string of the molecule is Brc1ccc2c(c1)-c1ccccc1C21c2ccccc2Oc2ccccc21.Nc1ccc2c(c1)-c1ccccc1C21c2ccccc2Oc2ccccc21. The summed E-state index contributed by atoms with van der Waals surface area (Å²) in [5.74, 6) is 3.69. The summed E-state index contributed by atoms with van der Waals surface area (Å²) in [6.45, 7) is 0. The van der Waals surface area contributed by atoms with Gasteiger partial charge in [-0.25, -0.2) is 0 Å². The number of nitrogen functional groups attached to an aromatic ring is 1. The molecule has 0 amide bonds. The van der Waals surface area contributed by atoms with Crippen LogP contribution in [0.5, 0.6) is 23.0 Å². The Bertz CT molecular complexity index is 2550. The van der Waals surface area contributed by atoms with Gasteiger partial charge < -0.3 is 15.2 Å². The number of fused-ring (bicyclic) bond motifs is 18. The number of para-hydroxylation sites is 4. The number of hydrogen-bond acceptors (Lipinski definition) is 3. The molecule has 2 aliphatic heterocycles. The zero-order valence-electron chi connectivity index (χ0n) is 29.1. The molecule has 0 aromatic heterocycles. The first-order valence-corrected chi connectivity index (χ1v) is 19.0. The molecule has 8 aromatic rings. The Labute approximate surface area is 322 Å². The molecule has 2 heterocycles. The van der Waals surface area contributed by atoms with E-state index >= 15 is 0 Å². The largest absolute Gasteiger partial charge is 0.457 e. The molecule has 8 aromatic carbocycles. The first-order valence-electron chi connectivity index (χ1n) is 18.2. The molecule has 12 rings (SSSR count). The monoisotopic (exact) mass is 757 g/mol. The number of anilines is 1. The van der Waals surface area contributed by atoms with Gasteiger partial charge >= 0.3 is 0 Å². The molecule has 4 heteroatoms. The zero-order valence-corrected chi connectivity index (χ0v) is 30.7. The van der Waals surface area contributed by atoms with Gasteiger partial charge in [0.15, 0.2) is 0 Å². The number of hydrogen-bond donors (Lipinski definition) is 1. The lowest BCUT2D eigenvalue weighted by atomic mass is 9.66. The van der Waals surface area contributed by atoms with E-state index in [4.69, 9.17) is 15.2 Å². The molecule has 3 nitrogen and oxygen atoms in total. The van der Waals surface area contributed by atoms with E-state index in [2.05, 4.69) is 168 Å². The fourth-order valence-electron chi connectivity index (χ4n) is 9.71. The topological polar surface area (TPSA) is 44.5 Å². The van der Waals surface area contributed by atoms with E-state index < -0.39 is 0 Å².